The first-order valence-corrected chi connectivity index (χ1v) is 10.1. The number of rotatable bonds is 4. The van der Waals surface area contributed by atoms with Crippen molar-refractivity contribution < 1.29 is 23.2 Å². The van der Waals surface area contributed by atoms with Crippen LogP contribution in [0, 0.1) is 11.6 Å². The number of hydrogen-bond acceptors (Lipinski definition) is 4. The number of imide groups is 1. The van der Waals surface area contributed by atoms with Gasteiger partial charge in [0, 0.05) is 31.8 Å². The molecule has 2 heterocycles. The number of hydrogen-bond donors (Lipinski definition) is 1. The minimum absolute atomic E-state index is 0.143. The second kappa shape index (κ2) is 8.29. The van der Waals surface area contributed by atoms with E-state index in [2.05, 4.69) is 5.32 Å². The fourth-order valence-corrected chi connectivity index (χ4v) is 3.99. The van der Waals surface area contributed by atoms with Crippen LogP contribution in [0.15, 0.2) is 48.2 Å². The van der Waals surface area contributed by atoms with E-state index in [1.807, 2.05) is 4.90 Å². The Hall–Kier alpha value is -3.55. The fourth-order valence-electron chi connectivity index (χ4n) is 3.99. The maximum Gasteiger partial charge on any atom is 0.282 e. The number of amides is 3. The predicted octanol–water partition coefficient (Wildman–Crippen LogP) is 3.69. The van der Waals surface area contributed by atoms with Gasteiger partial charge in [-0.15, -0.1) is 0 Å². The number of carbonyl (C=O) groups is 3. The maximum absolute atomic E-state index is 14.5. The van der Waals surface area contributed by atoms with Gasteiger partial charge in [-0.05, 0) is 49.1 Å². The van der Waals surface area contributed by atoms with E-state index < -0.39 is 29.1 Å². The maximum atomic E-state index is 14.5. The van der Waals surface area contributed by atoms with Crippen LogP contribution >= 0.6 is 0 Å². The molecule has 6 nitrogen and oxygen atoms in total. The minimum Gasteiger partial charge on any atom is -0.366 e. The van der Waals surface area contributed by atoms with Gasteiger partial charge in [-0.25, -0.2) is 13.7 Å². The van der Waals surface area contributed by atoms with Crippen LogP contribution in [0.5, 0.6) is 0 Å². The van der Waals surface area contributed by atoms with Crippen LogP contribution in [0.3, 0.4) is 0 Å². The second-order valence-electron chi connectivity index (χ2n) is 7.57. The number of anilines is 2. The lowest BCUT2D eigenvalue weighted by molar-refractivity contribution is -0.121. The number of likely N-dealkylation sites (tertiary alicyclic amines) is 1. The molecule has 0 aliphatic carbocycles. The summed E-state index contributed by atoms with van der Waals surface area (Å²) in [5.41, 5.74) is 0.938. The standard InChI is InChI=1S/C23H21F2N3O3/c1-14(29)26-17-8-5-15(6-9-17)20-21(27-11-3-2-4-12-27)23(31)28(22(20)30)19-13-16(24)7-10-18(19)25/h5-10,13H,2-4,11-12H2,1H3,(H,26,29). The molecule has 4 rings (SSSR count). The Kier molecular flexibility index (Phi) is 5.54. The molecule has 2 aromatic rings. The highest BCUT2D eigenvalue weighted by Gasteiger charge is 2.43. The molecule has 0 bridgehead atoms. The highest BCUT2D eigenvalue weighted by molar-refractivity contribution is 6.45. The normalized spacial score (nSPS) is 16.9. The number of halogens is 2. The third-order valence-electron chi connectivity index (χ3n) is 5.37. The molecule has 8 heteroatoms. The molecular formula is C23H21F2N3O3. The summed E-state index contributed by atoms with van der Waals surface area (Å²) >= 11 is 0. The van der Waals surface area contributed by atoms with E-state index in [1.165, 1.54) is 6.92 Å². The number of nitrogens with zero attached hydrogens (tertiary/aromatic N) is 2. The van der Waals surface area contributed by atoms with Gasteiger partial charge in [-0.2, -0.15) is 0 Å². The molecule has 1 saturated heterocycles. The third kappa shape index (κ3) is 3.93. The lowest BCUT2D eigenvalue weighted by Gasteiger charge is -2.29. The van der Waals surface area contributed by atoms with Gasteiger partial charge in [0.15, 0.2) is 0 Å². The third-order valence-corrected chi connectivity index (χ3v) is 5.37. The molecule has 2 aliphatic heterocycles. The molecule has 0 aromatic heterocycles. The lowest BCUT2D eigenvalue weighted by atomic mass is 10.0. The molecule has 0 spiro atoms. The number of benzene rings is 2. The van der Waals surface area contributed by atoms with Crippen molar-refractivity contribution in [3.05, 3.63) is 65.4 Å². The largest absolute Gasteiger partial charge is 0.366 e. The van der Waals surface area contributed by atoms with Crippen LogP contribution < -0.4 is 10.2 Å². The first-order chi connectivity index (χ1) is 14.9. The monoisotopic (exact) mass is 425 g/mol. The Morgan fingerprint density at radius 1 is 0.935 bits per heavy atom. The Balaban J connectivity index is 1.80. The van der Waals surface area contributed by atoms with Crippen LogP contribution in [-0.2, 0) is 14.4 Å². The highest BCUT2D eigenvalue weighted by Crippen LogP contribution is 2.37. The van der Waals surface area contributed by atoms with E-state index in [0.717, 1.165) is 37.5 Å². The lowest BCUT2D eigenvalue weighted by Crippen LogP contribution is -2.37. The topological polar surface area (TPSA) is 69.7 Å². The first kappa shape index (κ1) is 20.7. The van der Waals surface area contributed by atoms with Crippen LogP contribution in [0.1, 0.15) is 31.7 Å². The predicted molar refractivity (Wildman–Crippen MR) is 112 cm³/mol. The van der Waals surface area contributed by atoms with E-state index in [9.17, 15) is 23.2 Å². The summed E-state index contributed by atoms with van der Waals surface area (Å²) in [5, 5.41) is 2.65. The van der Waals surface area contributed by atoms with Gasteiger partial charge < -0.3 is 10.2 Å². The van der Waals surface area contributed by atoms with Crippen molar-refractivity contribution in [3.63, 3.8) is 0 Å². The van der Waals surface area contributed by atoms with Crippen molar-refractivity contribution >= 4 is 34.7 Å². The summed E-state index contributed by atoms with van der Waals surface area (Å²) in [4.78, 5) is 40.5. The Morgan fingerprint density at radius 2 is 1.61 bits per heavy atom. The molecule has 2 aromatic carbocycles. The molecule has 0 radical (unpaired) electrons. The number of piperidine rings is 1. The van der Waals surface area contributed by atoms with Crippen molar-refractivity contribution in [2.24, 2.45) is 0 Å². The van der Waals surface area contributed by atoms with Crippen LogP contribution in [-0.4, -0.2) is 35.7 Å². The van der Waals surface area contributed by atoms with Gasteiger partial charge in [-0.3, -0.25) is 14.4 Å². The minimum atomic E-state index is -0.858. The summed E-state index contributed by atoms with van der Waals surface area (Å²) in [6.07, 6.45) is 2.76. The molecule has 31 heavy (non-hydrogen) atoms. The molecule has 3 amide bonds. The second-order valence-corrected chi connectivity index (χ2v) is 7.57. The van der Waals surface area contributed by atoms with Gasteiger partial charge in [0.2, 0.25) is 5.91 Å². The Morgan fingerprint density at radius 3 is 2.26 bits per heavy atom. The summed E-state index contributed by atoms with van der Waals surface area (Å²) < 4.78 is 28.3. The summed E-state index contributed by atoms with van der Waals surface area (Å²) in [5.74, 6) is -3.21. The van der Waals surface area contributed by atoms with Gasteiger partial charge in [0.05, 0.1) is 11.3 Å². The zero-order valence-corrected chi connectivity index (χ0v) is 17.0. The summed E-state index contributed by atoms with van der Waals surface area (Å²) in [6.45, 7) is 2.58. The zero-order chi connectivity index (χ0) is 22.1. The van der Waals surface area contributed by atoms with Gasteiger partial charge in [0.25, 0.3) is 11.8 Å². The zero-order valence-electron chi connectivity index (χ0n) is 17.0. The van der Waals surface area contributed by atoms with Crippen molar-refractivity contribution in [2.45, 2.75) is 26.2 Å². The molecule has 1 N–H and O–H groups in total. The molecule has 0 saturated carbocycles. The van der Waals surface area contributed by atoms with Crippen molar-refractivity contribution in [3.8, 4) is 0 Å². The molecule has 2 aliphatic rings. The van der Waals surface area contributed by atoms with Crippen molar-refractivity contribution in [1.29, 1.82) is 0 Å². The molecule has 0 unspecified atom stereocenters. The fraction of sp³-hybridized carbons (Fsp3) is 0.261. The molecule has 0 atom stereocenters. The van der Waals surface area contributed by atoms with E-state index in [-0.39, 0.29) is 17.2 Å². The van der Waals surface area contributed by atoms with E-state index in [1.54, 1.807) is 24.3 Å². The van der Waals surface area contributed by atoms with Crippen molar-refractivity contribution in [1.82, 2.24) is 4.90 Å². The van der Waals surface area contributed by atoms with Crippen LogP contribution in [0.2, 0.25) is 0 Å². The number of nitrogens with one attached hydrogen (secondary N) is 1. The van der Waals surface area contributed by atoms with Gasteiger partial charge in [0.1, 0.15) is 17.3 Å². The molecule has 1 fully saturated rings. The van der Waals surface area contributed by atoms with Crippen LogP contribution in [0.4, 0.5) is 20.2 Å². The number of carbonyl (C=O) groups excluding carboxylic acids is 3. The molecular weight excluding hydrogens is 404 g/mol. The first-order valence-electron chi connectivity index (χ1n) is 10.1. The SMILES string of the molecule is CC(=O)Nc1ccc(C2=C(N3CCCCC3)C(=O)N(c3cc(F)ccc3F)C2=O)cc1. The molecule has 160 valence electrons. The average Bonchev–Trinajstić information content (AvgIpc) is 3.01. The summed E-state index contributed by atoms with van der Waals surface area (Å²) in [6, 6.07) is 9.18. The van der Waals surface area contributed by atoms with Gasteiger partial charge in [-0.1, -0.05) is 12.1 Å². The Bertz CT molecular complexity index is 1090. The smallest absolute Gasteiger partial charge is 0.282 e. The van der Waals surface area contributed by atoms with E-state index in [0.29, 0.717) is 29.2 Å². The van der Waals surface area contributed by atoms with Gasteiger partial charge >= 0.3 is 0 Å². The Labute approximate surface area is 178 Å². The summed E-state index contributed by atoms with van der Waals surface area (Å²) in [7, 11) is 0. The van der Waals surface area contributed by atoms with E-state index in [4.69, 9.17) is 0 Å². The van der Waals surface area contributed by atoms with E-state index >= 15 is 0 Å². The van der Waals surface area contributed by atoms with Crippen molar-refractivity contribution in [2.75, 3.05) is 23.3 Å². The van der Waals surface area contributed by atoms with Crippen LogP contribution in [0.25, 0.3) is 5.57 Å². The quantitative estimate of drug-likeness (QED) is 0.759. The highest BCUT2D eigenvalue weighted by atomic mass is 19.1. The average molecular weight is 425 g/mol.